The van der Waals surface area contributed by atoms with Gasteiger partial charge in [0.2, 0.25) is 0 Å². The Hall–Kier alpha value is -1.95. The summed E-state index contributed by atoms with van der Waals surface area (Å²) >= 11 is 1.55. The third kappa shape index (κ3) is 2.54. The lowest BCUT2D eigenvalue weighted by Gasteiger charge is -2.03. The van der Waals surface area contributed by atoms with E-state index < -0.39 is 4.92 Å². The van der Waals surface area contributed by atoms with E-state index in [1.165, 1.54) is 12.1 Å². The van der Waals surface area contributed by atoms with Gasteiger partial charge in [0.1, 0.15) is 5.01 Å². The highest BCUT2D eigenvalue weighted by molar-refractivity contribution is 7.09. The molecule has 1 heterocycles. The fourth-order valence-corrected chi connectivity index (χ4v) is 1.80. The maximum absolute atomic E-state index is 10.6. The fraction of sp³-hybridized carbons (Fsp3) is 0.100. The van der Waals surface area contributed by atoms with E-state index in [0.29, 0.717) is 6.54 Å². The maximum Gasteiger partial charge on any atom is 0.271 e. The van der Waals surface area contributed by atoms with Gasteiger partial charge in [0.05, 0.1) is 11.5 Å². The molecule has 0 fully saturated rings. The molecule has 0 saturated carbocycles. The van der Waals surface area contributed by atoms with E-state index in [0.717, 1.165) is 10.7 Å². The van der Waals surface area contributed by atoms with Crippen molar-refractivity contribution in [2.75, 3.05) is 5.32 Å². The molecule has 0 aliphatic rings. The predicted octanol–water partition coefficient (Wildman–Crippen LogP) is 2.66. The van der Waals surface area contributed by atoms with Gasteiger partial charge in [-0.3, -0.25) is 10.1 Å². The van der Waals surface area contributed by atoms with E-state index in [2.05, 4.69) is 10.3 Å². The molecule has 1 aromatic carbocycles. The van der Waals surface area contributed by atoms with Crippen molar-refractivity contribution >= 4 is 22.7 Å². The van der Waals surface area contributed by atoms with Crippen molar-refractivity contribution in [3.63, 3.8) is 0 Å². The molecular weight excluding hydrogens is 226 g/mol. The Morgan fingerprint density at radius 2 is 2.38 bits per heavy atom. The molecule has 1 N–H and O–H groups in total. The number of nitro benzene ring substituents is 1. The molecule has 0 spiro atoms. The Morgan fingerprint density at radius 1 is 1.50 bits per heavy atom. The van der Waals surface area contributed by atoms with Crippen LogP contribution in [0.1, 0.15) is 5.01 Å². The summed E-state index contributed by atoms with van der Waals surface area (Å²) in [6.45, 7) is 0.582. The van der Waals surface area contributed by atoms with E-state index in [9.17, 15) is 10.1 Å². The van der Waals surface area contributed by atoms with Gasteiger partial charge in [-0.05, 0) is 6.07 Å². The molecule has 0 amide bonds. The first-order valence-corrected chi connectivity index (χ1v) is 5.50. The topological polar surface area (TPSA) is 68.1 Å². The summed E-state index contributed by atoms with van der Waals surface area (Å²) in [6, 6.07) is 6.42. The zero-order valence-corrected chi connectivity index (χ0v) is 9.11. The predicted molar refractivity (Wildman–Crippen MR) is 62.5 cm³/mol. The Balaban J connectivity index is 2.04. The van der Waals surface area contributed by atoms with E-state index in [1.54, 1.807) is 29.7 Å². The molecule has 1 aromatic heterocycles. The molecule has 16 heavy (non-hydrogen) atoms. The van der Waals surface area contributed by atoms with E-state index >= 15 is 0 Å². The van der Waals surface area contributed by atoms with Crippen molar-refractivity contribution in [2.24, 2.45) is 0 Å². The van der Waals surface area contributed by atoms with Gasteiger partial charge in [0, 0.05) is 29.4 Å². The van der Waals surface area contributed by atoms with Crippen molar-refractivity contribution in [1.82, 2.24) is 4.98 Å². The molecule has 0 unspecified atom stereocenters. The SMILES string of the molecule is O=[N+]([O-])c1cccc(NCc2nccs2)c1. The molecule has 0 radical (unpaired) electrons. The van der Waals surface area contributed by atoms with Gasteiger partial charge in [-0.2, -0.15) is 0 Å². The van der Waals surface area contributed by atoms with E-state index in [1.807, 2.05) is 5.38 Å². The number of non-ortho nitro benzene ring substituents is 1. The second-order valence-corrected chi connectivity index (χ2v) is 4.07. The molecule has 82 valence electrons. The standard InChI is InChI=1S/C10H9N3O2S/c14-13(15)9-3-1-2-8(6-9)12-7-10-11-4-5-16-10/h1-6,12H,7H2. The van der Waals surface area contributed by atoms with Crippen LogP contribution in [0.15, 0.2) is 35.8 Å². The zero-order valence-electron chi connectivity index (χ0n) is 8.29. The molecule has 0 bridgehead atoms. The Bertz CT molecular complexity index is 485. The number of rotatable bonds is 4. The summed E-state index contributed by atoms with van der Waals surface area (Å²) in [4.78, 5) is 14.3. The highest BCUT2D eigenvalue weighted by Crippen LogP contribution is 2.17. The second kappa shape index (κ2) is 4.71. The highest BCUT2D eigenvalue weighted by Gasteiger charge is 2.05. The lowest BCUT2D eigenvalue weighted by Crippen LogP contribution is -1.99. The largest absolute Gasteiger partial charge is 0.378 e. The Labute approximate surface area is 95.9 Å². The third-order valence-corrected chi connectivity index (χ3v) is 2.76. The number of nitrogens with one attached hydrogen (secondary N) is 1. The van der Waals surface area contributed by atoms with Crippen molar-refractivity contribution in [3.8, 4) is 0 Å². The molecule has 2 aromatic rings. The minimum Gasteiger partial charge on any atom is -0.378 e. The zero-order chi connectivity index (χ0) is 11.4. The summed E-state index contributed by atoms with van der Waals surface area (Å²) in [5.41, 5.74) is 0.813. The van der Waals surface area contributed by atoms with Crippen LogP contribution >= 0.6 is 11.3 Å². The molecule has 0 atom stereocenters. The first kappa shape index (κ1) is 10.6. The normalized spacial score (nSPS) is 10.0. The first-order valence-electron chi connectivity index (χ1n) is 4.62. The lowest BCUT2D eigenvalue weighted by atomic mass is 10.3. The minimum atomic E-state index is -0.408. The molecule has 6 heteroatoms. The number of hydrogen-bond acceptors (Lipinski definition) is 5. The summed E-state index contributed by atoms with van der Waals surface area (Å²) in [5.74, 6) is 0. The average molecular weight is 235 g/mol. The van der Waals surface area contributed by atoms with Gasteiger partial charge in [0.15, 0.2) is 0 Å². The first-order chi connectivity index (χ1) is 7.75. The maximum atomic E-state index is 10.6. The number of nitrogens with zero attached hydrogens (tertiary/aromatic N) is 2. The van der Waals surface area contributed by atoms with Crippen LogP contribution in [-0.4, -0.2) is 9.91 Å². The van der Waals surface area contributed by atoms with Gasteiger partial charge in [-0.15, -0.1) is 11.3 Å². The van der Waals surface area contributed by atoms with Gasteiger partial charge >= 0.3 is 0 Å². The van der Waals surface area contributed by atoms with Gasteiger partial charge in [-0.25, -0.2) is 4.98 Å². The summed E-state index contributed by atoms with van der Waals surface area (Å²) in [6.07, 6.45) is 1.73. The smallest absolute Gasteiger partial charge is 0.271 e. The lowest BCUT2D eigenvalue weighted by molar-refractivity contribution is -0.384. The van der Waals surface area contributed by atoms with Gasteiger partial charge in [-0.1, -0.05) is 6.07 Å². The summed E-state index contributed by atoms with van der Waals surface area (Å²) < 4.78 is 0. The number of thiazole rings is 1. The fourth-order valence-electron chi connectivity index (χ4n) is 1.25. The highest BCUT2D eigenvalue weighted by atomic mass is 32.1. The van der Waals surface area contributed by atoms with Crippen molar-refractivity contribution in [3.05, 3.63) is 51.0 Å². The molecule has 5 nitrogen and oxygen atoms in total. The van der Waals surface area contributed by atoms with E-state index in [4.69, 9.17) is 0 Å². The van der Waals surface area contributed by atoms with Crippen LogP contribution < -0.4 is 5.32 Å². The minimum absolute atomic E-state index is 0.0872. The van der Waals surface area contributed by atoms with Crippen LogP contribution in [0.5, 0.6) is 0 Å². The average Bonchev–Trinajstić information content (AvgIpc) is 2.79. The van der Waals surface area contributed by atoms with Gasteiger partial charge < -0.3 is 5.32 Å². The van der Waals surface area contributed by atoms with Crippen LogP contribution in [0.25, 0.3) is 0 Å². The van der Waals surface area contributed by atoms with Crippen LogP contribution in [0, 0.1) is 10.1 Å². The Kier molecular flexibility index (Phi) is 3.11. The third-order valence-electron chi connectivity index (χ3n) is 1.98. The van der Waals surface area contributed by atoms with E-state index in [-0.39, 0.29) is 5.69 Å². The molecule has 0 aliphatic carbocycles. The number of hydrogen-bond donors (Lipinski definition) is 1. The molecule has 0 saturated heterocycles. The second-order valence-electron chi connectivity index (χ2n) is 3.09. The number of anilines is 1. The van der Waals surface area contributed by atoms with Crippen LogP contribution in [0.3, 0.4) is 0 Å². The van der Waals surface area contributed by atoms with Crippen molar-refractivity contribution in [2.45, 2.75) is 6.54 Å². The number of benzene rings is 1. The Morgan fingerprint density at radius 3 is 3.06 bits per heavy atom. The molecule has 2 rings (SSSR count). The van der Waals surface area contributed by atoms with Crippen LogP contribution in [-0.2, 0) is 6.54 Å². The van der Waals surface area contributed by atoms with Crippen molar-refractivity contribution in [1.29, 1.82) is 0 Å². The van der Waals surface area contributed by atoms with Crippen LogP contribution in [0.4, 0.5) is 11.4 Å². The molecule has 0 aliphatic heterocycles. The molecular formula is C10H9N3O2S. The van der Waals surface area contributed by atoms with Crippen molar-refractivity contribution < 1.29 is 4.92 Å². The summed E-state index contributed by atoms with van der Waals surface area (Å²) in [5, 5.41) is 16.5. The van der Waals surface area contributed by atoms with Gasteiger partial charge in [0.25, 0.3) is 5.69 Å². The quantitative estimate of drug-likeness (QED) is 0.653. The number of aromatic nitrogens is 1. The number of nitro groups is 1. The summed E-state index contributed by atoms with van der Waals surface area (Å²) in [7, 11) is 0. The van der Waals surface area contributed by atoms with Crippen LogP contribution in [0.2, 0.25) is 0 Å². The monoisotopic (exact) mass is 235 g/mol.